The number of nitrogens with zero attached hydrogens (tertiary/aromatic N) is 3. The molecule has 0 aliphatic heterocycles. The first-order valence-corrected chi connectivity index (χ1v) is 11.0. The Balaban J connectivity index is 1.52. The van der Waals surface area contributed by atoms with Crippen molar-refractivity contribution in [3.8, 4) is 5.75 Å². The first-order chi connectivity index (χ1) is 13.5. The van der Waals surface area contributed by atoms with Crippen LogP contribution in [0.25, 0.3) is 0 Å². The van der Waals surface area contributed by atoms with E-state index >= 15 is 0 Å². The number of halogens is 1. The molecule has 152 valence electrons. The molecule has 0 spiro atoms. The molecular formula is C20H27ClN4O2S. The van der Waals surface area contributed by atoms with E-state index in [2.05, 4.69) is 15.5 Å². The van der Waals surface area contributed by atoms with Crippen molar-refractivity contribution >= 4 is 29.3 Å². The van der Waals surface area contributed by atoms with Crippen LogP contribution in [-0.2, 0) is 18.4 Å². The first-order valence-electron chi connectivity index (χ1n) is 9.76. The molecule has 1 N–H and O–H groups in total. The topological polar surface area (TPSA) is 69.0 Å². The molecule has 8 heteroatoms. The van der Waals surface area contributed by atoms with Gasteiger partial charge in [0.2, 0.25) is 5.91 Å². The van der Waals surface area contributed by atoms with E-state index in [1.54, 1.807) is 12.1 Å². The fourth-order valence-corrected chi connectivity index (χ4v) is 4.17. The third kappa shape index (κ3) is 5.88. The van der Waals surface area contributed by atoms with Crippen LogP contribution in [0.3, 0.4) is 0 Å². The molecule has 1 saturated carbocycles. The van der Waals surface area contributed by atoms with Crippen molar-refractivity contribution in [3.63, 3.8) is 0 Å². The number of amides is 1. The summed E-state index contributed by atoms with van der Waals surface area (Å²) in [4.78, 5) is 12.6. The molecule has 0 bridgehead atoms. The third-order valence-electron chi connectivity index (χ3n) is 4.96. The minimum atomic E-state index is -0.226. The van der Waals surface area contributed by atoms with Crippen molar-refractivity contribution < 1.29 is 9.53 Å². The van der Waals surface area contributed by atoms with Crippen LogP contribution in [0.5, 0.6) is 5.75 Å². The van der Waals surface area contributed by atoms with Crippen LogP contribution in [0, 0.1) is 0 Å². The van der Waals surface area contributed by atoms with E-state index in [0.29, 0.717) is 28.7 Å². The molecular weight excluding hydrogens is 396 g/mol. The lowest BCUT2D eigenvalue weighted by Crippen LogP contribution is -2.39. The molecule has 0 radical (unpaired) electrons. The van der Waals surface area contributed by atoms with Crippen LogP contribution in [0.1, 0.15) is 51.3 Å². The van der Waals surface area contributed by atoms with E-state index in [1.807, 2.05) is 30.7 Å². The highest BCUT2D eigenvalue weighted by Crippen LogP contribution is 2.24. The van der Waals surface area contributed by atoms with E-state index in [4.69, 9.17) is 16.3 Å². The summed E-state index contributed by atoms with van der Waals surface area (Å²) < 4.78 is 7.61. The fourth-order valence-electron chi connectivity index (χ4n) is 3.21. The second-order valence-electron chi connectivity index (χ2n) is 7.16. The van der Waals surface area contributed by atoms with Gasteiger partial charge in [0.1, 0.15) is 12.4 Å². The molecule has 1 aliphatic rings. The Hall–Kier alpha value is -1.73. The van der Waals surface area contributed by atoms with Crippen LogP contribution in [0.15, 0.2) is 29.4 Å². The van der Waals surface area contributed by atoms with Gasteiger partial charge in [-0.3, -0.25) is 4.79 Å². The first kappa shape index (κ1) is 21.0. The number of thioether (sulfide) groups is 1. The lowest BCUT2D eigenvalue weighted by Gasteiger charge is -2.19. The Kier molecular flexibility index (Phi) is 7.62. The summed E-state index contributed by atoms with van der Waals surface area (Å²) in [5, 5.41) is 12.8. The number of benzene rings is 1. The SMILES string of the molecule is C[C@@H](Sc1nnc(COc2ccc(Cl)cc2)n1C)C(=O)NC1CCCCCC1. The summed E-state index contributed by atoms with van der Waals surface area (Å²) in [5.41, 5.74) is 0. The van der Waals surface area contributed by atoms with Crippen LogP contribution < -0.4 is 10.1 Å². The minimum Gasteiger partial charge on any atom is -0.486 e. The van der Waals surface area contributed by atoms with Crippen LogP contribution >= 0.6 is 23.4 Å². The Labute approximate surface area is 175 Å². The van der Waals surface area contributed by atoms with Gasteiger partial charge in [0, 0.05) is 18.1 Å². The van der Waals surface area contributed by atoms with E-state index in [9.17, 15) is 4.79 Å². The second-order valence-corrected chi connectivity index (χ2v) is 8.90. The molecule has 3 rings (SSSR count). The lowest BCUT2D eigenvalue weighted by molar-refractivity contribution is -0.121. The fraction of sp³-hybridized carbons (Fsp3) is 0.550. The normalized spacial score (nSPS) is 16.4. The van der Waals surface area contributed by atoms with Crippen molar-refractivity contribution in [3.05, 3.63) is 35.1 Å². The molecule has 0 saturated heterocycles. The molecule has 1 aromatic carbocycles. The highest BCUT2D eigenvalue weighted by Gasteiger charge is 2.22. The van der Waals surface area contributed by atoms with Crippen molar-refractivity contribution in [1.82, 2.24) is 20.1 Å². The summed E-state index contributed by atoms with van der Waals surface area (Å²) in [6.07, 6.45) is 7.12. The highest BCUT2D eigenvalue weighted by atomic mass is 35.5. The van der Waals surface area contributed by atoms with Gasteiger partial charge in [0.15, 0.2) is 11.0 Å². The number of rotatable bonds is 7. The van der Waals surface area contributed by atoms with Gasteiger partial charge in [-0.1, -0.05) is 49.0 Å². The number of hydrogen-bond acceptors (Lipinski definition) is 5. The molecule has 1 heterocycles. The van der Waals surface area contributed by atoms with E-state index < -0.39 is 0 Å². The molecule has 6 nitrogen and oxygen atoms in total. The molecule has 1 atom stereocenters. The summed E-state index contributed by atoms with van der Waals surface area (Å²) >= 11 is 7.30. The highest BCUT2D eigenvalue weighted by molar-refractivity contribution is 8.00. The van der Waals surface area contributed by atoms with Gasteiger partial charge in [0.05, 0.1) is 5.25 Å². The Morgan fingerprint density at radius 1 is 1.25 bits per heavy atom. The molecule has 1 aliphatic carbocycles. The summed E-state index contributed by atoms with van der Waals surface area (Å²) in [6, 6.07) is 7.50. The summed E-state index contributed by atoms with van der Waals surface area (Å²) in [7, 11) is 1.89. The van der Waals surface area contributed by atoms with Crippen molar-refractivity contribution in [1.29, 1.82) is 0 Å². The van der Waals surface area contributed by atoms with Gasteiger partial charge >= 0.3 is 0 Å². The van der Waals surface area contributed by atoms with Crippen molar-refractivity contribution in [2.24, 2.45) is 7.05 Å². The second kappa shape index (κ2) is 10.2. The standard InChI is InChI=1S/C20H27ClN4O2S/c1-14(19(26)22-16-7-5-3-4-6-8-16)28-20-24-23-18(25(20)2)13-27-17-11-9-15(21)10-12-17/h9-12,14,16H,3-8,13H2,1-2H3,(H,22,26)/t14-/m1/s1. The Bertz CT molecular complexity index is 773. The lowest BCUT2D eigenvalue weighted by atomic mass is 10.1. The minimum absolute atomic E-state index is 0.0684. The molecule has 1 aromatic heterocycles. The molecule has 1 fully saturated rings. The quantitative estimate of drug-likeness (QED) is 0.530. The summed E-state index contributed by atoms with van der Waals surface area (Å²) in [6.45, 7) is 2.21. The number of hydrogen-bond donors (Lipinski definition) is 1. The van der Waals surface area contributed by atoms with Gasteiger partial charge < -0.3 is 14.6 Å². The maximum Gasteiger partial charge on any atom is 0.233 e. The van der Waals surface area contributed by atoms with E-state index in [0.717, 1.165) is 18.6 Å². The third-order valence-corrected chi connectivity index (χ3v) is 6.35. The molecule has 2 aromatic rings. The van der Waals surface area contributed by atoms with Gasteiger partial charge in [0.25, 0.3) is 0 Å². The number of carbonyl (C=O) groups is 1. The smallest absolute Gasteiger partial charge is 0.233 e. The Morgan fingerprint density at radius 2 is 1.93 bits per heavy atom. The van der Waals surface area contributed by atoms with Gasteiger partial charge in [-0.25, -0.2) is 0 Å². The molecule has 0 unspecified atom stereocenters. The van der Waals surface area contributed by atoms with Crippen LogP contribution in [-0.4, -0.2) is 32.0 Å². The number of ether oxygens (including phenoxy) is 1. The van der Waals surface area contributed by atoms with E-state index in [-0.39, 0.29) is 11.2 Å². The summed E-state index contributed by atoms with van der Waals surface area (Å²) in [5.74, 6) is 1.49. The van der Waals surface area contributed by atoms with E-state index in [1.165, 1.54) is 37.4 Å². The Morgan fingerprint density at radius 3 is 2.61 bits per heavy atom. The number of carbonyl (C=O) groups excluding carboxylic acids is 1. The van der Waals surface area contributed by atoms with Gasteiger partial charge in [-0.2, -0.15) is 0 Å². The van der Waals surface area contributed by atoms with Crippen LogP contribution in [0.4, 0.5) is 0 Å². The van der Waals surface area contributed by atoms with Crippen molar-refractivity contribution in [2.45, 2.75) is 68.5 Å². The zero-order chi connectivity index (χ0) is 19.9. The van der Waals surface area contributed by atoms with Crippen molar-refractivity contribution in [2.75, 3.05) is 0 Å². The monoisotopic (exact) mass is 422 g/mol. The average Bonchev–Trinajstić information content (AvgIpc) is 2.87. The molecule has 1 amide bonds. The largest absolute Gasteiger partial charge is 0.486 e. The predicted octanol–water partition coefficient (Wildman–Crippen LogP) is 4.37. The zero-order valence-corrected chi connectivity index (χ0v) is 17.9. The predicted molar refractivity (Wildman–Crippen MR) is 112 cm³/mol. The zero-order valence-electron chi connectivity index (χ0n) is 16.4. The van der Waals surface area contributed by atoms with Gasteiger partial charge in [-0.05, 0) is 44.0 Å². The maximum absolute atomic E-state index is 12.6. The number of aromatic nitrogens is 3. The van der Waals surface area contributed by atoms with Crippen LogP contribution in [0.2, 0.25) is 5.02 Å². The number of nitrogens with one attached hydrogen (secondary N) is 1. The van der Waals surface area contributed by atoms with Gasteiger partial charge in [-0.15, -0.1) is 10.2 Å². The average molecular weight is 423 g/mol. The maximum atomic E-state index is 12.6. The molecule has 28 heavy (non-hydrogen) atoms.